The predicted molar refractivity (Wildman–Crippen MR) is 105 cm³/mol. The summed E-state index contributed by atoms with van der Waals surface area (Å²) in [5, 5.41) is 6.24. The zero-order chi connectivity index (χ0) is 17.2. The summed E-state index contributed by atoms with van der Waals surface area (Å²) in [7, 11) is 1.92. The molecule has 122 valence electrons. The van der Waals surface area contributed by atoms with Crippen LogP contribution in [0.3, 0.4) is 0 Å². The lowest BCUT2D eigenvalue weighted by Gasteiger charge is -2.12. The van der Waals surface area contributed by atoms with Crippen molar-refractivity contribution >= 4 is 18.1 Å². The van der Waals surface area contributed by atoms with Crippen molar-refractivity contribution in [3.8, 4) is 0 Å². The molecule has 0 atom stereocenters. The number of allylic oxidation sites excluding steroid dienone is 3. The molecule has 0 bridgehead atoms. The Morgan fingerprint density at radius 3 is 2.62 bits per heavy atom. The second-order valence-corrected chi connectivity index (χ2v) is 5.45. The molecule has 0 spiro atoms. The van der Waals surface area contributed by atoms with Crippen LogP contribution in [0.2, 0.25) is 0 Å². The van der Waals surface area contributed by atoms with Crippen molar-refractivity contribution in [1.29, 1.82) is 0 Å². The van der Waals surface area contributed by atoms with Gasteiger partial charge in [0.25, 0.3) is 0 Å². The molecule has 3 heteroatoms. The van der Waals surface area contributed by atoms with Crippen LogP contribution in [-0.2, 0) is 6.54 Å². The second-order valence-electron chi connectivity index (χ2n) is 5.45. The molecule has 0 amide bonds. The third-order valence-corrected chi connectivity index (χ3v) is 3.47. The van der Waals surface area contributed by atoms with Gasteiger partial charge in [-0.1, -0.05) is 60.7 Å². The Morgan fingerprint density at radius 1 is 1.12 bits per heavy atom. The molecular formula is C21H23N3. The van der Waals surface area contributed by atoms with E-state index in [0.717, 1.165) is 11.3 Å². The van der Waals surface area contributed by atoms with Gasteiger partial charge in [-0.3, -0.25) is 10.0 Å². The zero-order valence-corrected chi connectivity index (χ0v) is 14.3. The van der Waals surface area contributed by atoms with E-state index in [0.29, 0.717) is 6.54 Å². The Morgan fingerprint density at radius 2 is 1.92 bits per heavy atom. The highest BCUT2D eigenvalue weighted by atomic mass is 15.4. The van der Waals surface area contributed by atoms with E-state index < -0.39 is 0 Å². The van der Waals surface area contributed by atoms with Crippen molar-refractivity contribution in [3.63, 3.8) is 0 Å². The number of anilines is 1. The minimum atomic E-state index is 0.670. The van der Waals surface area contributed by atoms with E-state index in [4.69, 9.17) is 0 Å². The van der Waals surface area contributed by atoms with Crippen LogP contribution in [0.5, 0.6) is 0 Å². The molecule has 2 aromatic carbocycles. The predicted octanol–water partition coefficient (Wildman–Crippen LogP) is 4.80. The summed E-state index contributed by atoms with van der Waals surface area (Å²) in [6, 6.07) is 18.4. The van der Waals surface area contributed by atoms with E-state index in [1.54, 1.807) is 18.5 Å². The Hall–Kier alpha value is -2.94. The SMILES string of the molecule is C=CC(/C=N/N(C)c1ccccc1)=C\C=NCc1cccc(C)c1. The lowest BCUT2D eigenvalue weighted by atomic mass is 10.1. The van der Waals surface area contributed by atoms with E-state index in [-0.39, 0.29) is 0 Å². The van der Waals surface area contributed by atoms with Crippen LogP contribution in [0.1, 0.15) is 11.1 Å². The van der Waals surface area contributed by atoms with Gasteiger partial charge in [0.15, 0.2) is 0 Å². The maximum atomic E-state index is 4.43. The molecule has 0 N–H and O–H groups in total. The van der Waals surface area contributed by atoms with Crippen LogP contribution in [0, 0.1) is 6.92 Å². The molecule has 3 nitrogen and oxygen atoms in total. The molecule has 0 heterocycles. The number of hydrazone groups is 1. The first kappa shape index (κ1) is 17.4. The van der Waals surface area contributed by atoms with Gasteiger partial charge in [0.1, 0.15) is 0 Å². The van der Waals surface area contributed by atoms with Gasteiger partial charge in [-0.15, -0.1) is 0 Å². The number of para-hydroxylation sites is 1. The van der Waals surface area contributed by atoms with Gasteiger partial charge in [0, 0.05) is 13.3 Å². The van der Waals surface area contributed by atoms with Gasteiger partial charge in [-0.2, -0.15) is 5.10 Å². The van der Waals surface area contributed by atoms with Gasteiger partial charge in [0.05, 0.1) is 18.4 Å². The first-order chi connectivity index (χ1) is 11.7. The number of aryl methyl sites for hydroxylation is 1. The highest BCUT2D eigenvalue weighted by Crippen LogP contribution is 2.11. The van der Waals surface area contributed by atoms with E-state index in [1.807, 2.05) is 48.5 Å². The first-order valence-electron chi connectivity index (χ1n) is 7.90. The number of benzene rings is 2. The molecule has 24 heavy (non-hydrogen) atoms. The second kappa shape index (κ2) is 9.26. The monoisotopic (exact) mass is 317 g/mol. The van der Waals surface area contributed by atoms with Gasteiger partial charge in [0.2, 0.25) is 0 Å². The molecule has 2 aromatic rings. The Balaban J connectivity index is 1.95. The minimum Gasteiger partial charge on any atom is -0.288 e. The van der Waals surface area contributed by atoms with Gasteiger partial charge >= 0.3 is 0 Å². The Kier molecular flexibility index (Phi) is 6.72. The third-order valence-electron chi connectivity index (χ3n) is 3.47. The third kappa shape index (κ3) is 5.69. The molecular weight excluding hydrogens is 294 g/mol. The summed E-state index contributed by atoms with van der Waals surface area (Å²) >= 11 is 0. The first-order valence-corrected chi connectivity index (χ1v) is 7.90. The van der Waals surface area contributed by atoms with Crippen molar-refractivity contribution in [2.24, 2.45) is 10.1 Å². The van der Waals surface area contributed by atoms with Crippen LogP contribution >= 0.6 is 0 Å². The highest BCUT2D eigenvalue weighted by Gasteiger charge is 1.95. The summed E-state index contributed by atoms with van der Waals surface area (Å²) in [6.07, 6.45) is 7.25. The largest absolute Gasteiger partial charge is 0.288 e. The molecule has 0 saturated carbocycles. The van der Waals surface area contributed by atoms with Crippen LogP contribution < -0.4 is 5.01 Å². The van der Waals surface area contributed by atoms with Crippen molar-refractivity contribution in [3.05, 3.63) is 90.0 Å². The van der Waals surface area contributed by atoms with Crippen molar-refractivity contribution in [2.75, 3.05) is 12.1 Å². The van der Waals surface area contributed by atoms with Crippen LogP contribution in [0.15, 0.2) is 89.0 Å². The smallest absolute Gasteiger partial charge is 0.0639 e. The van der Waals surface area contributed by atoms with Gasteiger partial charge in [-0.25, -0.2) is 0 Å². The van der Waals surface area contributed by atoms with Gasteiger partial charge in [-0.05, 0) is 36.3 Å². The fourth-order valence-corrected chi connectivity index (χ4v) is 2.13. The van der Waals surface area contributed by atoms with Crippen LogP contribution in [-0.4, -0.2) is 19.5 Å². The lowest BCUT2D eigenvalue weighted by Crippen LogP contribution is -2.08. The molecule has 0 fully saturated rings. The fraction of sp³-hybridized carbons (Fsp3) is 0.143. The van der Waals surface area contributed by atoms with Crippen LogP contribution in [0.4, 0.5) is 5.69 Å². The van der Waals surface area contributed by atoms with Crippen molar-refractivity contribution in [1.82, 2.24) is 0 Å². The molecule has 0 aliphatic rings. The molecule has 2 rings (SSSR count). The van der Waals surface area contributed by atoms with E-state index in [2.05, 4.69) is 47.9 Å². The molecule has 0 saturated heterocycles. The fourth-order valence-electron chi connectivity index (χ4n) is 2.13. The van der Waals surface area contributed by atoms with Crippen LogP contribution in [0.25, 0.3) is 0 Å². The number of aliphatic imine (C=N–C) groups is 1. The van der Waals surface area contributed by atoms with E-state index in [9.17, 15) is 0 Å². The Bertz CT molecular complexity index is 743. The summed E-state index contributed by atoms with van der Waals surface area (Å²) in [5.41, 5.74) is 4.40. The average Bonchev–Trinajstić information content (AvgIpc) is 2.61. The zero-order valence-electron chi connectivity index (χ0n) is 14.3. The van der Waals surface area contributed by atoms with E-state index >= 15 is 0 Å². The van der Waals surface area contributed by atoms with Crippen molar-refractivity contribution < 1.29 is 0 Å². The van der Waals surface area contributed by atoms with Gasteiger partial charge < -0.3 is 0 Å². The highest BCUT2D eigenvalue weighted by molar-refractivity contribution is 5.89. The summed E-state index contributed by atoms with van der Waals surface area (Å²) in [4.78, 5) is 4.43. The normalized spacial score (nSPS) is 12.0. The standard InChI is InChI=1S/C21H23N3/c1-4-19(17-23-24(3)21-11-6-5-7-12-21)13-14-22-16-20-10-8-9-18(2)15-20/h4-15,17H,1,16H2,2-3H3/b19-13+,22-14?,23-17+. The topological polar surface area (TPSA) is 28.0 Å². The number of hydrogen-bond acceptors (Lipinski definition) is 3. The number of nitrogens with zero attached hydrogens (tertiary/aromatic N) is 3. The molecule has 0 aromatic heterocycles. The Labute approximate surface area is 144 Å². The lowest BCUT2D eigenvalue weighted by molar-refractivity contribution is 1.02. The molecule has 0 aliphatic carbocycles. The van der Waals surface area contributed by atoms with E-state index in [1.165, 1.54) is 11.1 Å². The van der Waals surface area contributed by atoms with Crippen molar-refractivity contribution in [2.45, 2.75) is 13.5 Å². The summed E-state index contributed by atoms with van der Waals surface area (Å²) in [5.74, 6) is 0. The summed E-state index contributed by atoms with van der Waals surface area (Å²) in [6.45, 7) is 6.58. The number of hydrogen-bond donors (Lipinski definition) is 0. The maximum Gasteiger partial charge on any atom is 0.0639 e. The number of rotatable bonds is 7. The molecule has 0 unspecified atom stereocenters. The minimum absolute atomic E-state index is 0.670. The average molecular weight is 317 g/mol. The molecule has 0 aliphatic heterocycles. The maximum absolute atomic E-state index is 4.43. The quantitative estimate of drug-likeness (QED) is 0.409. The molecule has 0 radical (unpaired) electrons. The summed E-state index contributed by atoms with van der Waals surface area (Å²) < 4.78 is 0.